The average Bonchev–Trinajstić information content (AvgIpc) is 4.05. The molecular formula is C48H49F2N9O6S. The maximum atomic E-state index is 16.1. The second-order valence-corrected chi connectivity index (χ2v) is 21.0. The van der Waals surface area contributed by atoms with Gasteiger partial charge in [-0.3, -0.25) is 23.4 Å². The summed E-state index contributed by atoms with van der Waals surface area (Å²) in [6.07, 6.45) is 7.21. The van der Waals surface area contributed by atoms with E-state index in [0.717, 1.165) is 42.1 Å². The highest BCUT2D eigenvalue weighted by molar-refractivity contribution is 7.94. The molecule has 18 heteroatoms. The van der Waals surface area contributed by atoms with Gasteiger partial charge in [0.2, 0.25) is 0 Å². The van der Waals surface area contributed by atoms with E-state index in [2.05, 4.69) is 33.6 Å². The molecule has 0 bridgehead atoms. The number of rotatable bonds is 9. The third kappa shape index (κ3) is 6.42. The molecule has 1 amide bonds. The quantitative estimate of drug-likeness (QED) is 0.156. The van der Waals surface area contributed by atoms with Crippen LogP contribution in [0.5, 0.6) is 0 Å². The number of hydrogen-bond donors (Lipinski definition) is 1. The molecule has 1 unspecified atom stereocenters. The Morgan fingerprint density at radius 3 is 2.33 bits per heavy atom. The maximum absolute atomic E-state index is 16.1. The number of carbonyl (C=O) groups excluding carboxylic acids is 1. The number of benzene rings is 3. The van der Waals surface area contributed by atoms with Crippen molar-refractivity contribution in [1.82, 2.24) is 38.5 Å². The first-order valence-electron chi connectivity index (χ1n) is 22.5. The van der Waals surface area contributed by atoms with E-state index in [1.54, 1.807) is 41.6 Å². The molecule has 342 valence electrons. The van der Waals surface area contributed by atoms with Crippen molar-refractivity contribution in [2.24, 2.45) is 10.3 Å². The van der Waals surface area contributed by atoms with Crippen LogP contribution in [0.15, 0.2) is 90.4 Å². The topological polar surface area (TPSA) is 168 Å². The van der Waals surface area contributed by atoms with Gasteiger partial charge in [0.25, 0.3) is 5.91 Å². The summed E-state index contributed by atoms with van der Waals surface area (Å²) in [4.78, 5) is 47.4. The standard InChI is InChI=1S/C48H49F2N9O6S/c1-26-20-33(21-27(2)42(26)50)59-43(57-17-16-56(47(57)62)39-11-9-35(24-36(39)49)66(63,51-5)34-7-8-34)41-29(4)55(15-12-37(41)53-59)44(60)40-23-32-22-31(30-13-18-64-19-14-30)6-10-38(32)58(40)48(25-28(48)3)45-52-46(61)65-54-45/h6,9-11,16-17,20-24,28-30,34H,7-8,12-15,18-19,25H2,1-5H3,(H,52,54,61)/t28-,29-,48-,66?/m0/s1. The molecule has 2 saturated carbocycles. The summed E-state index contributed by atoms with van der Waals surface area (Å²) < 4.78 is 66.0. The predicted octanol–water partition coefficient (Wildman–Crippen LogP) is 7.40. The minimum atomic E-state index is -2.81. The van der Waals surface area contributed by atoms with Crippen LogP contribution in [0.25, 0.3) is 28.1 Å². The minimum absolute atomic E-state index is 0.00528. The molecule has 3 fully saturated rings. The van der Waals surface area contributed by atoms with Crippen molar-refractivity contribution in [3.05, 3.63) is 139 Å². The Labute approximate surface area is 378 Å². The van der Waals surface area contributed by atoms with Crippen LogP contribution in [0.3, 0.4) is 0 Å². The third-order valence-corrected chi connectivity index (χ3v) is 17.2. The van der Waals surface area contributed by atoms with Gasteiger partial charge in [0.15, 0.2) is 5.82 Å². The molecule has 7 aromatic rings. The summed E-state index contributed by atoms with van der Waals surface area (Å²) >= 11 is 0. The van der Waals surface area contributed by atoms with Gasteiger partial charge < -0.3 is 14.2 Å². The van der Waals surface area contributed by atoms with Crippen LogP contribution in [-0.2, 0) is 26.4 Å². The van der Waals surface area contributed by atoms with Gasteiger partial charge in [0, 0.05) is 67.3 Å². The summed E-state index contributed by atoms with van der Waals surface area (Å²) in [5.74, 6) is -1.09. The van der Waals surface area contributed by atoms with Crippen LogP contribution in [-0.4, -0.2) is 80.7 Å². The van der Waals surface area contributed by atoms with E-state index in [1.807, 2.05) is 23.6 Å². The summed E-state index contributed by atoms with van der Waals surface area (Å²) in [7, 11) is -1.33. The van der Waals surface area contributed by atoms with Crippen LogP contribution in [0, 0.1) is 31.4 Å². The molecule has 15 nitrogen and oxygen atoms in total. The van der Waals surface area contributed by atoms with Crippen molar-refractivity contribution in [3.8, 4) is 17.2 Å². The molecule has 1 saturated heterocycles. The van der Waals surface area contributed by atoms with E-state index in [-0.39, 0.29) is 40.0 Å². The van der Waals surface area contributed by atoms with Crippen LogP contribution in [0.1, 0.15) is 102 Å². The fourth-order valence-corrected chi connectivity index (χ4v) is 12.8. The first-order chi connectivity index (χ1) is 31.7. The number of carbonyl (C=O) groups is 1. The highest BCUT2D eigenvalue weighted by Crippen LogP contribution is 2.56. The number of fused-ring (bicyclic) bond motifs is 2. The molecule has 2 aliphatic heterocycles. The molecule has 4 aliphatic rings. The minimum Gasteiger partial charge on any atom is -0.381 e. The van der Waals surface area contributed by atoms with Gasteiger partial charge >= 0.3 is 11.4 Å². The van der Waals surface area contributed by atoms with E-state index in [9.17, 15) is 13.8 Å². The lowest BCUT2D eigenvalue weighted by Crippen LogP contribution is -2.41. The van der Waals surface area contributed by atoms with Crippen molar-refractivity contribution < 1.29 is 27.0 Å². The fraction of sp³-hybridized carbons (Fsp3) is 0.396. The molecule has 11 rings (SSSR count). The molecule has 2 aliphatic carbocycles. The van der Waals surface area contributed by atoms with Crippen LogP contribution in [0.2, 0.25) is 0 Å². The zero-order valence-electron chi connectivity index (χ0n) is 37.2. The van der Waals surface area contributed by atoms with Gasteiger partial charge in [0.05, 0.1) is 37.7 Å². The Hall–Kier alpha value is -6.40. The number of aromatic amines is 1. The third-order valence-electron chi connectivity index (χ3n) is 14.4. The van der Waals surface area contributed by atoms with Crippen molar-refractivity contribution >= 4 is 26.5 Å². The van der Waals surface area contributed by atoms with Crippen molar-refractivity contribution in [3.63, 3.8) is 0 Å². The van der Waals surface area contributed by atoms with Gasteiger partial charge in [-0.1, -0.05) is 18.1 Å². The lowest BCUT2D eigenvalue weighted by atomic mass is 9.91. The normalized spacial score (nSPS) is 21.8. The highest BCUT2D eigenvalue weighted by atomic mass is 32.2. The lowest BCUT2D eigenvalue weighted by molar-refractivity contribution is 0.0663. The molecule has 4 aromatic heterocycles. The average molecular weight is 918 g/mol. The highest BCUT2D eigenvalue weighted by Gasteiger charge is 2.59. The van der Waals surface area contributed by atoms with Gasteiger partial charge in [-0.25, -0.2) is 31.6 Å². The Balaban J connectivity index is 1.04. The fourth-order valence-electron chi connectivity index (χ4n) is 10.6. The Morgan fingerprint density at radius 2 is 1.68 bits per heavy atom. The number of ether oxygens (including phenoxy) is 1. The number of aromatic nitrogens is 7. The molecule has 1 N–H and O–H groups in total. The number of nitrogens with zero attached hydrogens (tertiary/aromatic N) is 8. The second kappa shape index (κ2) is 15.3. The van der Waals surface area contributed by atoms with Gasteiger partial charge in [0.1, 0.15) is 28.7 Å². The first kappa shape index (κ1) is 42.2. The number of H-pyrrole nitrogens is 1. The van der Waals surface area contributed by atoms with Crippen LogP contribution in [0.4, 0.5) is 8.78 Å². The number of hydrogen-bond acceptors (Lipinski definition) is 9. The van der Waals surface area contributed by atoms with E-state index < -0.39 is 38.6 Å². The summed E-state index contributed by atoms with van der Waals surface area (Å²) in [6.45, 7) is 8.91. The molecule has 6 heterocycles. The molecular weight excluding hydrogens is 869 g/mol. The molecule has 4 atom stereocenters. The van der Waals surface area contributed by atoms with Gasteiger partial charge in [-0.05, 0) is 130 Å². The first-order valence-corrected chi connectivity index (χ1v) is 24.1. The lowest BCUT2D eigenvalue weighted by Gasteiger charge is -2.34. The Bertz CT molecular complexity index is 3370. The number of halogens is 2. The number of amides is 1. The van der Waals surface area contributed by atoms with Crippen molar-refractivity contribution in [2.45, 2.75) is 93.9 Å². The summed E-state index contributed by atoms with van der Waals surface area (Å²) in [5, 5.41) is 9.95. The van der Waals surface area contributed by atoms with E-state index >= 15 is 13.6 Å². The number of aryl methyl sites for hydroxylation is 2. The predicted molar refractivity (Wildman–Crippen MR) is 242 cm³/mol. The number of nitrogens with one attached hydrogen (secondary N) is 1. The number of imidazole rings is 1. The summed E-state index contributed by atoms with van der Waals surface area (Å²) in [5.41, 5.74) is 3.36. The molecule has 66 heavy (non-hydrogen) atoms. The largest absolute Gasteiger partial charge is 0.438 e. The zero-order chi connectivity index (χ0) is 46.0. The van der Waals surface area contributed by atoms with Crippen LogP contribution < -0.4 is 11.4 Å². The van der Waals surface area contributed by atoms with Crippen molar-refractivity contribution in [2.75, 3.05) is 26.8 Å². The zero-order valence-corrected chi connectivity index (χ0v) is 38.0. The van der Waals surface area contributed by atoms with E-state index in [1.165, 1.54) is 40.7 Å². The SMILES string of the molecule is CN=S(=O)(c1ccc(-n2ccn(-c3c4c(nn3-c3cc(C)c(F)c(C)c3)CCN(C(=O)c3cc5cc(C6CCOCC6)ccc5n3[C@@]3(c5noc(=O)[nH]5)C[C@@H]3C)[C@H]4C)c2=O)c(F)c1)C1CC1. The van der Waals surface area contributed by atoms with Crippen LogP contribution >= 0.6 is 0 Å². The van der Waals surface area contributed by atoms with E-state index in [0.29, 0.717) is 77.4 Å². The second-order valence-electron chi connectivity index (χ2n) is 18.3. The Kier molecular flexibility index (Phi) is 9.82. The van der Waals surface area contributed by atoms with Crippen molar-refractivity contribution in [1.29, 1.82) is 0 Å². The van der Waals surface area contributed by atoms with Gasteiger partial charge in [-0.2, -0.15) is 5.10 Å². The molecule has 3 aromatic carbocycles. The smallest absolute Gasteiger partial charge is 0.381 e. The Morgan fingerprint density at radius 1 is 0.955 bits per heavy atom. The molecule has 0 spiro atoms. The molecule has 0 radical (unpaired) electrons. The van der Waals surface area contributed by atoms with Gasteiger partial charge in [-0.15, -0.1) is 0 Å². The monoisotopic (exact) mass is 917 g/mol. The summed E-state index contributed by atoms with van der Waals surface area (Å²) in [6, 6.07) is 15.1. The maximum Gasteiger partial charge on any atom is 0.438 e. The van der Waals surface area contributed by atoms with E-state index in [4.69, 9.17) is 14.4 Å².